The molecule has 5 atom stereocenters. The summed E-state index contributed by atoms with van der Waals surface area (Å²) in [6.07, 6.45) is 2.83. The Morgan fingerprint density at radius 3 is 2.17 bits per heavy atom. The van der Waals surface area contributed by atoms with Gasteiger partial charge in [0.25, 0.3) is 11.8 Å². The van der Waals surface area contributed by atoms with Crippen LogP contribution < -0.4 is 50.4 Å². The quantitative estimate of drug-likeness (QED) is 0.0436. The molecular formula is C55H63N7O14. The van der Waals surface area contributed by atoms with E-state index in [1.807, 2.05) is 32.2 Å². The summed E-state index contributed by atoms with van der Waals surface area (Å²) in [5.41, 5.74) is 9.94. The van der Waals surface area contributed by atoms with E-state index in [0.717, 1.165) is 28.9 Å². The van der Waals surface area contributed by atoms with E-state index in [1.54, 1.807) is 65.3 Å². The molecule has 4 aliphatic heterocycles. The Hall–Kier alpha value is -8.04. The fourth-order valence-corrected chi connectivity index (χ4v) is 9.86. The van der Waals surface area contributed by atoms with E-state index >= 15 is 0 Å². The number of aliphatic hydroxyl groups is 1. The molecule has 402 valence electrons. The highest BCUT2D eigenvalue weighted by Crippen LogP contribution is 2.57. The van der Waals surface area contributed by atoms with Crippen molar-refractivity contribution >= 4 is 58.3 Å². The smallest absolute Gasteiger partial charge is 0.416 e. The topological polar surface area (TPSA) is 259 Å². The lowest BCUT2D eigenvalue weighted by atomic mass is 10.0. The van der Waals surface area contributed by atoms with E-state index in [-0.39, 0.29) is 71.8 Å². The lowest BCUT2D eigenvalue weighted by Crippen LogP contribution is -2.50. The van der Waals surface area contributed by atoms with E-state index < -0.39 is 48.2 Å². The highest BCUT2D eigenvalue weighted by atomic mass is 17.2. The predicted molar refractivity (Wildman–Crippen MR) is 277 cm³/mol. The van der Waals surface area contributed by atoms with Crippen molar-refractivity contribution in [3.05, 3.63) is 101 Å². The Morgan fingerprint density at radius 1 is 0.855 bits per heavy atom. The Bertz CT molecular complexity index is 2920. The molecule has 0 radical (unpaired) electrons. The average molecular weight is 1050 g/mol. The number of aliphatic hydroxyl groups excluding tert-OH is 1. The molecule has 0 aromatic heterocycles. The molecule has 2 fully saturated rings. The van der Waals surface area contributed by atoms with Gasteiger partial charge in [-0.3, -0.25) is 29.0 Å². The minimum atomic E-state index is -1.45. The van der Waals surface area contributed by atoms with Gasteiger partial charge in [0.1, 0.15) is 12.6 Å². The summed E-state index contributed by atoms with van der Waals surface area (Å²) < 4.78 is 29.7. The van der Waals surface area contributed by atoms with Crippen LogP contribution in [0.2, 0.25) is 0 Å². The summed E-state index contributed by atoms with van der Waals surface area (Å²) in [4.78, 5) is 93.1. The lowest BCUT2D eigenvalue weighted by molar-refractivity contribution is -0.210. The number of amides is 5. The SMILES string of the molecule is COc1cc2c(cc1OCCCOc1cc3c(cc1OC)C(=O)N1CC4(CC4)C[C@H]1C(O)N3C(=O)OCc1ccc(NC(=O)[C@H](C)NC(=O)[C@@H](N)C(C)C)cc1)NC[C@@H]1CC(c3ccc(OOC(C)=O)cc3)=CN1C2=O. The molecule has 5 aliphatic rings. The maximum atomic E-state index is 14.4. The van der Waals surface area contributed by atoms with Gasteiger partial charge in [0.05, 0.1) is 68.1 Å². The first kappa shape index (κ1) is 52.8. The molecule has 9 rings (SSSR count). The fraction of sp³-hybridized carbons (Fsp3) is 0.418. The van der Waals surface area contributed by atoms with Gasteiger partial charge in [-0.25, -0.2) is 14.5 Å². The van der Waals surface area contributed by atoms with Crippen LogP contribution >= 0.6 is 0 Å². The first-order chi connectivity index (χ1) is 36.5. The summed E-state index contributed by atoms with van der Waals surface area (Å²) in [7, 11) is 2.94. The zero-order valence-electron chi connectivity index (χ0n) is 43.2. The van der Waals surface area contributed by atoms with Gasteiger partial charge in [0.15, 0.2) is 35.0 Å². The highest BCUT2D eigenvalue weighted by Gasteiger charge is 2.58. The summed E-state index contributed by atoms with van der Waals surface area (Å²) in [5.74, 6) is -0.498. The number of carbonyl (C=O) groups excluding carboxylic acids is 6. The number of ether oxygens (including phenoxy) is 5. The largest absolute Gasteiger partial charge is 0.493 e. The van der Waals surface area contributed by atoms with Gasteiger partial charge < -0.3 is 60.3 Å². The number of anilines is 3. The number of nitrogens with zero attached hydrogens (tertiary/aromatic N) is 3. The van der Waals surface area contributed by atoms with Crippen LogP contribution in [0.1, 0.15) is 91.6 Å². The Morgan fingerprint density at radius 2 is 1.53 bits per heavy atom. The predicted octanol–water partition coefficient (Wildman–Crippen LogP) is 5.99. The number of benzene rings is 4. The van der Waals surface area contributed by atoms with Crippen LogP contribution in [0.5, 0.6) is 28.7 Å². The maximum Gasteiger partial charge on any atom is 0.416 e. The molecule has 0 bridgehead atoms. The van der Waals surface area contributed by atoms with Crippen LogP contribution in [0.4, 0.5) is 21.9 Å². The molecule has 1 saturated carbocycles. The van der Waals surface area contributed by atoms with Crippen LogP contribution in [-0.4, -0.2) is 122 Å². The number of methoxy groups -OCH3 is 2. The standard InChI is InChI=1S/C55H63N7O14/c1-30(2)48(56)50(65)58-31(3)49(64)59-36-12-8-33(9-13-36)28-74-54(69)62-42-24-47(45(71-6)22-40(42)52(67)61-29-55(16-17-55)25-43(61)53(62)68)73-19-7-18-72-46-23-41-39(21-44(46)70-5)51(66)60-27-35(20-37(60)26-57-41)34-10-14-38(15-11-34)76-75-32(4)63/h8-15,21-24,27,30-31,37,43,48,53,57,68H,7,16-20,25-26,28-29,56H2,1-6H3,(H,58,65)(H,59,64)/t31-,37-,43-,48-,53?/m0/s1. The van der Waals surface area contributed by atoms with Crippen molar-refractivity contribution in [2.75, 3.05) is 56.1 Å². The molecule has 1 unspecified atom stereocenters. The molecule has 76 heavy (non-hydrogen) atoms. The number of nitrogens with two attached hydrogens (primary N) is 1. The first-order valence-corrected chi connectivity index (χ1v) is 25.3. The monoisotopic (exact) mass is 1050 g/mol. The number of carbonyl (C=O) groups is 6. The zero-order chi connectivity index (χ0) is 54.0. The Balaban J connectivity index is 0.846. The van der Waals surface area contributed by atoms with Crippen LogP contribution in [0.25, 0.3) is 5.57 Å². The lowest BCUT2D eigenvalue weighted by Gasteiger charge is -2.31. The van der Waals surface area contributed by atoms with Gasteiger partial charge >= 0.3 is 12.1 Å². The average Bonchev–Trinajstić information content (AvgIpc) is 3.97. The number of fused-ring (bicyclic) bond motifs is 4. The van der Waals surface area contributed by atoms with E-state index in [9.17, 15) is 33.9 Å². The fourth-order valence-electron chi connectivity index (χ4n) is 9.86. The van der Waals surface area contributed by atoms with Crippen LogP contribution in [0.15, 0.2) is 79.0 Å². The molecule has 1 spiro atoms. The van der Waals surface area contributed by atoms with Gasteiger partial charge in [-0.05, 0) is 97.0 Å². The molecule has 1 saturated heterocycles. The molecule has 5 amide bonds. The molecular weight excluding hydrogens is 983 g/mol. The van der Waals surface area contributed by atoms with Crippen molar-refractivity contribution in [3.8, 4) is 28.7 Å². The summed E-state index contributed by atoms with van der Waals surface area (Å²) >= 11 is 0. The molecule has 4 heterocycles. The minimum Gasteiger partial charge on any atom is -0.493 e. The highest BCUT2D eigenvalue weighted by molar-refractivity contribution is 6.06. The number of hydrogen-bond donors (Lipinski definition) is 5. The Kier molecular flexibility index (Phi) is 15.3. The van der Waals surface area contributed by atoms with Gasteiger partial charge in [-0.15, -0.1) is 0 Å². The van der Waals surface area contributed by atoms with Crippen LogP contribution in [-0.2, 0) is 30.6 Å². The van der Waals surface area contributed by atoms with Crippen molar-refractivity contribution in [2.24, 2.45) is 17.1 Å². The molecule has 4 aromatic carbocycles. The van der Waals surface area contributed by atoms with Crippen molar-refractivity contribution in [2.45, 2.75) is 96.8 Å². The molecule has 21 nitrogen and oxygen atoms in total. The van der Waals surface area contributed by atoms with E-state index in [2.05, 4.69) is 20.8 Å². The van der Waals surface area contributed by atoms with Gasteiger partial charge in [0, 0.05) is 50.5 Å². The van der Waals surface area contributed by atoms with E-state index in [4.69, 9.17) is 34.3 Å². The van der Waals surface area contributed by atoms with E-state index in [0.29, 0.717) is 72.1 Å². The summed E-state index contributed by atoms with van der Waals surface area (Å²) in [5, 5.41) is 20.9. The third kappa shape index (κ3) is 11.2. The molecule has 6 N–H and O–H groups in total. The number of hydrogen-bond acceptors (Lipinski definition) is 16. The van der Waals surface area contributed by atoms with Crippen molar-refractivity contribution in [1.29, 1.82) is 0 Å². The summed E-state index contributed by atoms with van der Waals surface area (Å²) in [6.45, 7) is 7.44. The normalized spacial score (nSPS) is 19.6. The van der Waals surface area contributed by atoms with Crippen LogP contribution in [0.3, 0.4) is 0 Å². The van der Waals surface area contributed by atoms with Gasteiger partial charge in [-0.2, -0.15) is 0 Å². The zero-order valence-corrected chi connectivity index (χ0v) is 43.2. The second-order valence-electron chi connectivity index (χ2n) is 20.1. The van der Waals surface area contributed by atoms with E-state index in [1.165, 1.54) is 33.3 Å². The molecule has 4 aromatic rings. The second-order valence-corrected chi connectivity index (χ2v) is 20.1. The number of nitrogens with one attached hydrogen (secondary N) is 3. The van der Waals surface area contributed by atoms with Crippen LogP contribution in [0, 0.1) is 11.3 Å². The maximum absolute atomic E-state index is 14.4. The number of rotatable bonds is 18. The van der Waals surface area contributed by atoms with Gasteiger partial charge in [0.2, 0.25) is 11.8 Å². The summed E-state index contributed by atoms with van der Waals surface area (Å²) in [6, 6.07) is 17.6. The second kappa shape index (κ2) is 22.0. The third-order valence-corrected chi connectivity index (χ3v) is 14.4. The van der Waals surface area contributed by atoms with Crippen molar-refractivity contribution in [3.63, 3.8) is 0 Å². The minimum absolute atomic E-state index is 0.0909. The first-order valence-electron chi connectivity index (χ1n) is 25.3. The Labute approximate surface area is 439 Å². The van der Waals surface area contributed by atoms with Crippen molar-refractivity contribution in [1.82, 2.24) is 15.1 Å². The molecule has 1 aliphatic carbocycles. The van der Waals surface area contributed by atoms with Gasteiger partial charge in [-0.1, -0.05) is 38.1 Å². The van der Waals surface area contributed by atoms with Crippen molar-refractivity contribution < 1.29 is 67.3 Å². The molecule has 21 heteroatoms. The third-order valence-electron chi connectivity index (χ3n) is 14.4.